The molecule has 1 aliphatic heterocycles. The summed E-state index contributed by atoms with van der Waals surface area (Å²) in [6.07, 6.45) is 4.57. The summed E-state index contributed by atoms with van der Waals surface area (Å²) in [5.41, 5.74) is 1.21. The topological polar surface area (TPSA) is 40.6 Å². The third-order valence-corrected chi connectivity index (χ3v) is 4.17. The third kappa shape index (κ3) is 4.95. The number of nitrogens with one attached hydrogen (secondary N) is 1. The van der Waals surface area contributed by atoms with Gasteiger partial charge in [0.2, 0.25) is 0 Å². The highest BCUT2D eigenvalue weighted by atomic mass is 16.5. The van der Waals surface area contributed by atoms with Gasteiger partial charge in [-0.3, -0.25) is 0 Å². The zero-order valence-electron chi connectivity index (χ0n) is 13.5. The molecule has 0 bridgehead atoms. The maximum absolute atomic E-state index is 5.01. The largest absolute Gasteiger partial charge is 0.383 e. The van der Waals surface area contributed by atoms with Crippen molar-refractivity contribution in [3.05, 3.63) is 23.9 Å². The highest BCUT2D eigenvalue weighted by molar-refractivity contribution is 5.38. The van der Waals surface area contributed by atoms with Crippen molar-refractivity contribution in [2.45, 2.75) is 25.4 Å². The third-order valence-electron chi connectivity index (χ3n) is 4.17. The number of likely N-dealkylation sites (tertiary alicyclic amines) is 1. The SMILES string of the molecule is COCCNCc1ccc(N(C)CC2CCCN2C)nc1. The molecular formula is C16H28N4O. The quantitative estimate of drug-likeness (QED) is 0.733. The summed E-state index contributed by atoms with van der Waals surface area (Å²) >= 11 is 0. The lowest BCUT2D eigenvalue weighted by Gasteiger charge is -2.26. The molecule has 21 heavy (non-hydrogen) atoms. The number of aromatic nitrogens is 1. The summed E-state index contributed by atoms with van der Waals surface area (Å²) in [5, 5.41) is 3.33. The highest BCUT2D eigenvalue weighted by Gasteiger charge is 2.22. The lowest BCUT2D eigenvalue weighted by molar-refractivity contribution is 0.199. The Balaban J connectivity index is 1.80. The van der Waals surface area contributed by atoms with Crippen LogP contribution in [0.15, 0.2) is 18.3 Å². The van der Waals surface area contributed by atoms with Crippen LogP contribution >= 0.6 is 0 Å². The molecule has 0 saturated carbocycles. The van der Waals surface area contributed by atoms with E-state index in [-0.39, 0.29) is 0 Å². The maximum Gasteiger partial charge on any atom is 0.128 e. The average Bonchev–Trinajstić information content (AvgIpc) is 2.89. The van der Waals surface area contributed by atoms with E-state index < -0.39 is 0 Å². The van der Waals surface area contributed by atoms with Gasteiger partial charge in [-0.05, 0) is 38.1 Å². The van der Waals surface area contributed by atoms with Crippen molar-refractivity contribution in [3.63, 3.8) is 0 Å². The van der Waals surface area contributed by atoms with E-state index in [1.165, 1.54) is 24.9 Å². The lowest BCUT2D eigenvalue weighted by Crippen LogP contribution is -2.36. The van der Waals surface area contributed by atoms with Gasteiger partial charge < -0.3 is 19.9 Å². The van der Waals surface area contributed by atoms with Crippen LogP contribution in [0.1, 0.15) is 18.4 Å². The van der Waals surface area contributed by atoms with Crippen LogP contribution in [0.5, 0.6) is 0 Å². The molecule has 118 valence electrons. The summed E-state index contributed by atoms with van der Waals surface area (Å²) in [5.74, 6) is 1.05. The molecule has 0 spiro atoms. The summed E-state index contributed by atoms with van der Waals surface area (Å²) in [6, 6.07) is 4.92. The van der Waals surface area contributed by atoms with Gasteiger partial charge >= 0.3 is 0 Å². The van der Waals surface area contributed by atoms with E-state index in [4.69, 9.17) is 4.74 Å². The van der Waals surface area contributed by atoms with Crippen molar-refractivity contribution in [2.24, 2.45) is 0 Å². The number of pyridine rings is 1. The smallest absolute Gasteiger partial charge is 0.128 e. The van der Waals surface area contributed by atoms with Gasteiger partial charge in [-0.2, -0.15) is 0 Å². The standard InChI is InChI=1S/C16H28N4O/c1-19-9-4-5-15(19)13-20(2)16-7-6-14(12-18-16)11-17-8-10-21-3/h6-7,12,15,17H,4-5,8-11,13H2,1-3H3. The van der Waals surface area contributed by atoms with Crippen molar-refractivity contribution >= 4 is 5.82 Å². The van der Waals surface area contributed by atoms with Crippen LogP contribution in [-0.4, -0.2) is 63.4 Å². The first-order valence-electron chi connectivity index (χ1n) is 7.76. The molecule has 0 radical (unpaired) electrons. The summed E-state index contributed by atoms with van der Waals surface area (Å²) in [4.78, 5) is 9.29. The van der Waals surface area contributed by atoms with E-state index in [1.54, 1.807) is 7.11 Å². The monoisotopic (exact) mass is 292 g/mol. The Labute approximate surface area is 128 Å². The van der Waals surface area contributed by atoms with Gasteiger partial charge in [0, 0.05) is 46.0 Å². The van der Waals surface area contributed by atoms with E-state index in [1.807, 2.05) is 6.20 Å². The Morgan fingerprint density at radius 2 is 2.33 bits per heavy atom. The van der Waals surface area contributed by atoms with Crippen molar-refractivity contribution in [3.8, 4) is 0 Å². The first kappa shape index (κ1) is 16.2. The Bertz CT molecular complexity index is 409. The summed E-state index contributed by atoms with van der Waals surface area (Å²) in [6.45, 7) is 4.72. The molecule has 2 rings (SSSR count). The van der Waals surface area contributed by atoms with E-state index in [0.29, 0.717) is 6.04 Å². The van der Waals surface area contributed by atoms with Crippen molar-refractivity contribution < 1.29 is 4.74 Å². The van der Waals surface area contributed by atoms with Crippen LogP contribution in [-0.2, 0) is 11.3 Å². The first-order chi connectivity index (χ1) is 10.2. The van der Waals surface area contributed by atoms with Crippen LogP contribution in [0, 0.1) is 0 Å². The number of rotatable bonds is 8. The Morgan fingerprint density at radius 1 is 1.48 bits per heavy atom. The number of anilines is 1. The van der Waals surface area contributed by atoms with Gasteiger partial charge in [-0.25, -0.2) is 4.98 Å². The second-order valence-electron chi connectivity index (χ2n) is 5.85. The molecule has 5 heteroatoms. The van der Waals surface area contributed by atoms with Crippen LogP contribution in [0.25, 0.3) is 0 Å². The predicted octanol–water partition coefficient (Wildman–Crippen LogP) is 1.35. The minimum Gasteiger partial charge on any atom is -0.383 e. The second kappa shape index (κ2) is 8.32. The van der Waals surface area contributed by atoms with Gasteiger partial charge in [0.1, 0.15) is 5.82 Å². The second-order valence-corrected chi connectivity index (χ2v) is 5.85. The lowest BCUT2D eigenvalue weighted by atomic mass is 10.2. The molecule has 0 amide bonds. The number of ether oxygens (including phenoxy) is 1. The summed E-state index contributed by atoms with van der Waals surface area (Å²) < 4.78 is 5.01. The number of nitrogens with zero attached hydrogens (tertiary/aromatic N) is 3. The molecule has 1 saturated heterocycles. The van der Waals surface area contributed by atoms with Crippen molar-refractivity contribution in [1.82, 2.24) is 15.2 Å². The molecule has 1 aromatic heterocycles. The normalized spacial score (nSPS) is 19.1. The van der Waals surface area contributed by atoms with Crippen LogP contribution in [0.4, 0.5) is 5.82 Å². The molecular weight excluding hydrogens is 264 g/mol. The maximum atomic E-state index is 5.01. The number of likely N-dealkylation sites (N-methyl/N-ethyl adjacent to an activating group) is 2. The molecule has 2 heterocycles. The molecule has 1 fully saturated rings. The van der Waals surface area contributed by atoms with Crippen LogP contribution in [0.3, 0.4) is 0 Å². The van der Waals surface area contributed by atoms with Gasteiger partial charge in [-0.15, -0.1) is 0 Å². The molecule has 5 nitrogen and oxygen atoms in total. The molecule has 1 N–H and O–H groups in total. The van der Waals surface area contributed by atoms with E-state index in [0.717, 1.165) is 32.1 Å². The molecule has 1 aromatic rings. The fourth-order valence-electron chi connectivity index (χ4n) is 2.77. The number of hydrogen-bond acceptors (Lipinski definition) is 5. The fourth-order valence-corrected chi connectivity index (χ4v) is 2.77. The van der Waals surface area contributed by atoms with Gasteiger partial charge in [0.05, 0.1) is 6.61 Å². The van der Waals surface area contributed by atoms with Gasteiger partial charge in [0.15, 0.2) is 0 Å². The van der Waals surface area contributed by atoms with Crippen LogP contribution < -0.4 is 10.2 Å². The Morgan fingerprint density at radius 3 is 2.95 bits per heavy atom. The molecule has 1 atom stereocenters. The number of methoxy groups -OCH3 is 1. The zero-order valence-corrected chi connectivity index (χ0v) is 13.5. The van der Waals surface area contributed by atoms with Gasteiger partial charge in [-0.1, -0.05) is 6.07 Å². The zero-order chi connectivity index (χ0) is 15.1. The number of hydrogen-bond donors (Lipinski definition) is 1. The minimum absolute atomic E-state index is 0.659. The van der Waals surface area contributed by atoms with E-state index in [9.17, 15) is 0 Å². The fraction of sp³-hybridized carbons (Fsp3) is 0.688. The van der Waals surface area contributed by atoms with Crippen LogP contribution in [0.2, 0.25) is 0 Å². The predicted molar refractivity (Wildman–Crippen MR) is 86.7 cm³/mol. The Kier molecular flexibility index (Phi) is 6.42. The van der Waals surface area contributed by atoms with Gasteiger partial charge in [0.25, 0.3) is 0 Å². The Hall–Kier alpha value is -1.17. The van der Waals surface area contributed by atoms with Crippen molar-refractivity contribution in [1.29, 1.82) is 0 Å². The van der Waals surface area contributed by atoms with E-state index >= 15 is 0 Å². The van der Waals surface area contributed by atoms with E-state index in [2.05, 4.69) is 46.3 Å². The molecule has 0 aromatic carbocycles. The minimum atomic E-state index is 0.659. The average molecular weight is 292 g/mol. The molecule has 0 aliphatic carbocycles. The summed E-state index contributed by atoms with van der Waals surface area (Å²) in [7, 11) is 6.06. The highest BCUT2D eigenvalue weighted by Crippen LogP contribution is 2.18. The molecule has 1 aliphatic rings. The molecule has 1 unspecified atom stereocenters. The first-order valence-corrected chi connectivity index (χ1v) is 7.76. The van der Waals surface area contributed by atoms with Crippen molar-refractivity contribution in [2.75, 3.05) is 52.3 Å².